The van der Waals surface area contributed by atoms with Crippen molar-refractivity contribution in [3.63, 3.8) is 0 Å². The second-order valence-corrected chi connectivity index (χ2v) is 5.66. The van der Waals surface area contributed by atoms with Crippen LogP contribution < -0.4 is 5.32 Å². The molecule has 0 saturated carbocycles. The van der Waals surface area contributed by atoms with E-state index in [4.69, 9.17) is 5.11 Å². The third kappa shape index (κ3) is 3.17. The summed E-state index contributed by atoms with van der Waals surface area (Å²) in [6.45, 7) is 5.88. The summed E-state index contributed by atoms with van der Waals surface area (Å²) in [6, 6.07) is 5.29. The molecule has 2 rings (SSSR count). The maximum atomic E-state index is 12.4. The molecule has 1 aliphatic heterocycles. The van der Waals surface area contributed by atoms with Crippen molar-refractivity contribution in [3.8, 4) is 0 Å². The van der Waals surface area contributed by atoms with E-state index in [0.717, 1.165) is 19.3 Å². The summed E-state index contributed by atoms with van der Waals surface area (Å²) in [4.78, 5) is 25.3. The standard InChI is InChI=1S/C16H22N2O3/c1-4-13-7-5-11(3)18(13)16(21)17-12-6-8-14(15(19)20)10(2)9-12/h6,8-9,11,13H,4-5,7H2,1-3H3,(H,17,21)(H,19,20). The highest BCUT2D eigenvalue weighted by molar-refractivity contribution is 5.93. The number of likely N-dealkylation sites (tertiary alicyclic amines) is 1. The average Bonchev–Trinajstić information content (AvgIpc) is 2.79. The number of benzene rings is 1. The third-order valence-corrected chi connectivity index (χ3v) is 4.20. The van der Waals surface area contributed by atoms with Crippen molar-refractivity contribution < 1.29 is 14.7 Å². The zero-order chi connectivity index (χ0) is 15.6. The lowest BCUT2D eigenvalue weighted by molar-refractivity contribution is 0.0696. The SMILES string of the molecule is CCC1CCC(C)N1C(=O)Nc1ccc(C(=O)O)c(C)c1. The molecule has 2 atom stereocenters. The lowest BCUT2D eigenvalue weighted by Gasteiger charge is -2.28. The van der Waals surface area contributed by atoms with Crippen LogP contribution in [0.2, 0.25) is 0 Å². The van der Waals surface area contributed by atoms with Crippen LogP contribution in [0.1, 0.15) is 49.0 Å². The van der Waals surface area contributed by atoms with E-state index in [-0.39, 0.29) is 17.6 Å². The van der Waals surface area contributed by atoms with E-state index < -0.39 is 5.97 Å². The van der Waals surface area contributed by atoms with E-state index in [1.807, 2.05) is 4.90 Å². The largest absolute Gasteiger partial charge is 0.478 e. The van der Waals surface area contributed by atoms with Gasteiger partial charge >= 0.3 is 12.0 Å². The molecule has 5 nitrogen and oxygen atoms in total. The van der Waals surface area contributed by atoms with Crippen molar-refractivity contribution in [3.05, 3.63) is 29.3 Å². The first-order chi connectivity index (χ1) is 9.93. The number of hydrogen-bond acceptors (Lipinski definition) is 2. The van der Waals surface area contributed by atoms with Crippen LogP contribution >= 0.6 is 0 Å². The molecule has 0 spiro atoms. The van der Waals surface area contributed by atoms with Gasteiger partial charge in [0.15, 0.2) is 0 Å². The first-order valence-electron chi connectivity index (χ1n) is 7.37. The third-order valence-electron chi connectivity index (χ3n) is 4.20. The van der Waals surface area contributed by atoms with E-state index in [0.29, 0.717) is 17.3 Å². The van der Waals surface area contributed by atoms with Gasteiger partial charge in [-0.3, -0.25) is 0 Å². The minimum atomic E-state index is -0.954. The number of aryl methyl sites for hydroxylation is 1. The molecule has 5 heteroatoms. The number of carbonyl (C=O) groups excluding carboxylic acids is 1. The van der Waals surface area contributed by atoms with Gasteiger partial charge in [0, 0.05) is 17.8 Å². The number of rotatable bonds is 3. The number of nitrogens with zero attached hydrogens (tertiary/aromatic N) is 1. The van der Waals surface area contributed by atoms with Crippen LogP contribution in [-0.2, 0) is 0 Å². The second-order valence-electron chi connectivity index (χ2n) is 5.66. The van der Waals surface area contributed by atoms with Crippen LogP contribution in [0.4, 0.5) is 10.5 Å². The maximum absolute atomic E-state index is 12.4. The number of hydrogen-bond donors (Lipinski definition) is 2. The number of nitrogens with one attached hydrogen (secondary N) is 1. The Kier molecular flexibility index (Phi) is 4.50. The number of aromatic carboxylic acids is 1. The molecule has 0 radical (unpaired) electrons. The van der Waals surface area contributed by atoms with E-state index in [1.54, 1.807) is 19.1 Å². The van der Waals surface area contributed by atoms with Gasteiger partial charge in [0.25, 0.3) is 0 Å². The molecule has 2 N–H and O–H groups in total. The van der Waals surface area contributed by atoms with E-state index in [9.17, 15) is 9.59 Å². The Morgan fingerprint density at radius 1 is 1.38 bits per heavy atom. The van der Waals surface area contributed by atoms with Gasteiger partial charge in [-0.2, -0.15) is 0 Å². The van der Waals surface area contributed by atoms with Crippen molar-refractivity contribution in [2.24, 2.45) is 0 Å². The molecule has 1 aliphatic rings. The van der Waals surface area contributed by atoms with Gasteiger partial charge in [0.1, 0.15) is 0 Å². The minimum absolute atomic E-state index is 0.102. The monoisotopic (exact) mass is 290 g/mol. The zero-order valence-electron chi connectivity index (χ0n) is 12.7. The van der Waals surface area contributed by atoms with Gasteiger partial charge in [0.2, 0.25) is 0 Å². The van der Waals surface area contributed by atoms with Crippen LogP contribution in [0.25, 0.3) is 0 Å². The Morgan fingerprint density at radius 2 is 2.10 bits per heavy atom. The van der Waals surface area contributed by atoms with E-state index >= 15 is 0 Å². The van der Waals surface area contributed by atoms with Gasteiger partial charge < -0.3 is 15.3 Å². The fourth-order valence-corrected chi connectivity index (χ4v) is 3.01. The van der Waals surface area contributed by atoms with Crippen LogP contribution in [0.3, 0.4) is 0 Å². The number of carbonyl (C=O) groups is 2. The Balaban J connectivity index is 2.12. The Hall–Kier alpha value is -2.04. The quantitative estimate of drug-likeness (QED) is 0.895. The molecular formula is C16H22N2O3. The predicted octanol–water partition coefficient (Wildman–Crippen LogP) is 3.49. The number of amides is 2. The first-order valence-corrected chi connectivity index (χ1v) is 7.37. The Morgan fingerprint density at radius 3 is 2.67 bits per heavy atom. The molecule has 1 fully saturated rings. The second kappa shape index (κ2) is 6.16. The number of anilines is 1. The normalized spacial score (nSPS) is 21.4. The van der Waals surface area contributed by atoms with Crippen LogP contribution in [-0.4, -0.2) is 34.1 Å². The molecule has 1 heterocycles. The summed E-state index contributed by atoms with van der Waals surface area (Å²) < 4.78 is 0. The van der Waals surface area contributed by atoms with Crippen LogP contribution in [0, 0.1) is 6.92 Å². The number of carboxylic acids is 1. The molecule has 2 amide bonds. The topological polar surface area (TPSA) is 69.6 Å². The first kappa shape index (κ1) is 15.4. The summed E-state index contributed by atoms with van der Waals surface area (Å²) in [6.07, 6.45) is 3.03. The Bertz CT molecular complexity index is 556. The fraction of sp³-hybridized carbons (Fsp3) is 0.500. The number of urea groups is 1. The fourth-order valence-electron chi connectivity index (χ4n) is 3.01. The Labute approximate surface area is 125 Å². The van der Waals surface area contributed by atoms with Gasteiger partial charge in [0.05, 0.1) is 5.56 Å². The van der Waals surface area contributed by atoms with E-state index in [2.05, 4.69) is 19.2 Å². The van der Waals surface area contributed by atoms with E-state index in [1.165, 1.54) is 6.07 Å². The average molecular weight is 290 g/mol. The molecule has 0 aromatic heterocycles. The molecule has 0 bridgehead atoms. The molecule has 1 saturated heterocycles. The lowest BCUT2D eigenvalue weighted by atomic mass is 10.1. The molecule has 2 unspecified atom stereocenters. The smallest absolute Gasteiger partial charge is 0.335 e. The molecule has 21 heavy (non-hydrogen) atoms. The van der Waals surface area contributed by atoms with Crippen molar-refractivity contribution in [1.82, 2.24) is 4.90 Å². The maximum Gasteiger partial charge on any atom is 0.335 e. The highest BCUT2D eigenvalue weighted by atomic mass is 16.4. The summed E-state index contributed by atoms with van der Waals surface area (Å²) in [5.41, 5.74) is 1.53. The minimum Gasteiger partial charge on any atom is -0.478 e. The number of carboxylic acid groups (broad SMARTS) is 1. The van der Waals surface area contributed by atoms with Crippen LogP contribution in [0.5, 0.6) is 0 Å². The van der Waals surface area contributed by atoms with Gasteiger partial charge in [-0.05, 0) is 56.9 Å². The highest BCUT2D eigenvalue weighted by Gasteiger charge is 2.33. The van der Waals surface area contributed by atoms with Crippen molar-refractivity contribution >= 4 is 17.7 Å². The molecule has 0 aliphatic carbocycles. The molecular weight excluding hydrogens is 268 g/mol. The summed E-state index contributed by atoms with van der Waals surface area (Å²) in [7, 11) is 0. The predicted molar refractivity (Wildman–Crippen MR) is 81.8 cm³/mol. The van der Waals surface area contributed by atoms with Gasteiger partial charge in [-0.15, -0.1) is 0 Å². The van der Waals surface area contributed by atoms with Crippen molar-refractivity contribution in [2.75, 3.05) is 5.32 Å². The zero-order valence-corrected chi connectivity index (χ0v) is 12.7. The van der Waals surface area contributed by atoms with Gasteiger partial charge in [-0.25, -0.2) is 9.59 Å². The molecule has 1 aromatic carbocycles. The van der Waals surface area contributed by atoms with Crippen molar-refractivity contribution in [2.45, 2.75) is 52.1 Å². The lowest BCUT2D eigenvalue weighted by Crippen LogP contribution is -2.42. The van der Waals surface area contributed by atoms with Crippen molar-refractivity contribution in [1.29, 1.82) is 0 Å². The van der Waals surface area contributed by atoms with Crippen LogP contribution in [0.15, 0.2) is 18.2 Å². The van der Waals surface area contributed by atoms with Gasteiger partial charge in [-0.1, -0.05) is 6.92 Å². The summed E-state index contributed by atoms with van der Waals surface area (Å²) in [5, 5.41) is 11.9. The summed E-state index contributed by atoms with van der Waals surface area (Å²) in [5.74, 6) is -0.954. The molecule has 114 valence electrons. The molecule has 1 aromatic rings. The summed E-state index contributed by atoms with van der Waals surface area (Å²) >= 11 is 0. The highest BCUT2D eigenvalue weighted by Crippen LogP contribution is 2.27.